The number of aromatic nitrogens is 2. The van der Waals surface area contributed by atoms with E-state index in [-0.39, 0.29) is 23.6 Å². The van der Waals surface area contributed by atoms with Gasteiger partial charge in [-0.3, -0.25) is 9.59 Å². The number of primary amides is 1. The van der Waals surface area contributed by atoms with Crippen molar-refractivity contribution in [1.29, 1.82) is 0 Å². The lowest BCUT2D eigenvalue weighted by molar-refractivity contribution is -0.137. The van der Waals surface area contributed by atoms with Gasteiger partial charge in [-0.05, 0) is 25.1 Å². The topological polar surface area (TPSA) is 111 Å². The highest BCUT2D eigenvalue weighted by atomic mass is 19.4. The standard InChI is InChI=1S/C20H22F3N5O4/c1-13(32-19(24)31)11-28-12-14(2-5-17(28)29)18(30)27-8-6-26(7-9-27)16-4-3-15(10-25-16)20(21,22)23/h2-5,10,12-13H,6-9,11H2,1H3,(H2,24,31)/t13-/m0/s1. The first-order valence-electron chi connectivity index (χ1n) is 9.78. The first-order valence-corrected chi connectivity index (χ1v) is 9.78. The smallest absolute Gasteiger partial charge is 0.417 e. The van der Waals surface area contributed by atoms with Crippen LogP contribution < -0.4 is 16.2 Å². The number of hydrogen-bond donors (Lipinski definition) is 1. The molecule has 2 aromatic rings. The van der Waals surface area contributed by atoms with Crippen molar-refractivity contribution < 1.29 is 27.5 Å². The molecule has 0 radical (unpaired) electrons. The van der Waals surface area contributed by atoms with Gasteiger partial charge in [-0.15, -0.1) is 0 Å². The number of carbonyl (C=O) groups excluding carboxylic acids is 2. The molecule has 1 aliphatic rings. The third-order valence-corrected chi connectivity index (χ3v) is 4.97. The van der Waals surface area contributed by atoms with Crippen molar-refractivity contribution in [3.8, 4) is 0 Å². The summed E-state index contributed by atoms with van der Waals surface area (Å²) in [6.07, 6.45) is -3.88. The molecule has 3 heterocycles. The summed E-state index contributed by atoms with van der Waals surface area (Å²) in [7, 11) is 0. The van der Waals surface area contributed by atoms with Gasteiger partial charge in [-0.2, -0.15) is 13.2 Å². The van der Waals surface area contributed by atoms with Gasteiger partial charge in [-0.1, -0.05) is 0 Å². The number of hydrogen-bond acceptors (Lipinski definition) is 6. The van der Waals surface area contributed by atoms with E-state index < -0.39 is 23.9 Å². The predicted octanol–water partition coefficient (Wildman–Crippen LogP) is 1.71. The fourth-order valence-corrected chi connectivity index (χ4v) is 3.38. The number of alkyl halides is 3. The molecule has 1 fully saturated rings. The van der Waals surface area contributed by atoms with E-state index in [1.807, 2.05) is 0 Å². The minimum Gasteiger partial charge on any atom is -0.445 e. The predicted molar refractivity (Wildman–Crippen MR) is 108 cm³/mol. The SMILES string of the molecule is C[C@@H](Cn1cc(C(=O)N2CCN(c3ccc(C(F)(F)F)cn3)CC2)ccc1=O)OC(N)=O. The monoisotopic (exact) mass is 453 g/mol. The Hall–Kier alpha value is -3.57. The third kappa shape index (κ3) is 5.56. The summed E-state index contributed by atoms with van der Waals surface area (Å²) in [5, 5.41) is 0. The zero-order valence-corrected chi connectivity index (χ0v) is 17.2. The summed E-state index contributed by atoms with van der Waals surface area (Å²) in [6.45, 7) is 3.07. The van der Waals surface area contributed by atoms with Crippen LogP contribution in [-0.4, -0.2) is 58.7 Å². The Bertz CT molecular complexity index is 1030. The van der Waals surface area contributed by atoms with E-state index in [2.05, 4.69) is 4.98 Å². The van der Waals surface area contributed by atoms with E-state index >= 15 is 0 Å². The Kier molecular flexibility index (Phi) is 6.70. The highest BCUT2D eigenvalue weighted by molar-refractivity contribution is 5.94. The quantitative estimate of drug-likeness (QED) is 0.738. The molecule has 2 aromatic heterocycles. The zero-order chi connectivity index (χ0) is 23.5. The molecule has 0 aromatic carbocycles. The second-order valence-corrected chi connectivity index (χ2v) is 7.34. The van der Waals surface area contributed by atoms with Crippen LogP contribution >= 0.6 is 0 Å². The lowest BCUT2D eigenvalue weighted by atomic mass is 10.2. The lowest BCUT2D eigenvalue weighted by Gasteiger charge is -2.35. The number of anilines is 1. The molecule has 1 aliphatic heterocycles. The number of amides is 2. The molecule has 2 amide bonds. The minimum absolute atomic E-state index is 0.0380. The van der Waals surface area contributed by atoms with E-state index in [9.17, 15) is 27.6 Å². The molecule has 0 spiro atoms. The van der Waals surface area contributed by atoms with Crippen molar-refractivity contribution in [2.75, 3.05) is 31.1 Å². The molecule has 0 unspecified atom stereocenters. The maximum Gasteiger partial charge on any atom is 0.417 e. The average Bonchev–Trinajstić information content (AvgIpc) is 2.74. The second-order valence-electron chi connectivity index (χ2n) is 7.34. The van der Waals surface area contributed by atoms with Gasteiger partial charge in [0.1, 0.15) is 11.9 Å². The van der Waals surface area contributed by atoms with E-state index in [4.69, 9.17) is 10.5 Å². The molecule has 32 heavy (non-hydrogen) atoms. The molecule has 12 heteroatoms. The molecular formula is C20H22F3N5O4. The van der Waals surface area contributed by atoms with Crippen LogP contribution in [0.5, 0.6) is 0 Å². The van der Waals surface area contributed by atoms with E-state index in [1.54, 1.807) is 16.7 Å². The molecular weight excluding hydrogens is 431 g/mol. The summed E-state index contributed by atoms with van der Waals surface area (Å²) in [5.74, 6) is 0.115. The molecule has 2 N–H and O–H groups in total. The van der Waals surface area contributed by atoms with Crippen LogP contribution in [0.1, 0.15) is 22.8 Å². The number of halogens is 3. The lowest BCUT2D eigenvalue weighted by Crippen LogP contribution is -2.49. The van der Waals surface area contributed by atoms with E-state index in [0.29, 0.717) is 32.0 Å². The maximum atomic E-state index is 12.9. The Morgan fingerprint density at radius 2 is 1.84 bits per heavy atom. The van der Waals surface area contributed by atoms with Gasteiger partial charge in [-0.25, -0.2) is 9.78 Å². The summed E-state index contributed by atoms with van der Waals surface area (Å²) in [4.78, 5) is 43.1. The number of piperazine rings is 1. The van der Waals surface area contributed by atoms with Crippen LogP contribution in [-0.2, 0) is 17.5 Å². The number of nitrogens with zero attached hydrogens (tertiary/aromatic N) is 4. The Labute approximate surface area is 181 Å². The number of ether oxygens (including phenoxy) is 1. The van der Waals surface area contributed by atoms with Crippen molar-refractivity contribution in [2.24, 2.45) is 5.73 Å². The van der Waals surface area contributed by atoms with Crippen LogP contribution in [0.2, 0.25) is 0 Å². The summed E-state index contributed by atoms with van der Waals surface area (Å²) in [6, 6.07) is 4.97. The molecule has 1 atom stereocenters. The van der Waals surface area contributed by atoms with Crippen LogP contribution in [0.25, 0.3) is 0 Å². The molecule has 0 bridgehead atoms. The number of pyridine rings is 2. The summed E-state index contributed by atoms with van der Waals surface area (Å²) in [5.41, 5.74) is 4.08. The van der Waals surface area contributed by atoms with Gasteiger partial charge in [0.2, 0.25) is 0 Å². The van der Waals surface area contributed by atoms with Gasteiger partial charge in [0.15, 0.2) is 0 Å². The van der Waals surface area contributed by atoms with Gasteiger partial charge in [0.05, 0.1) is 17.7 Å². The molecule has 0 saturated carbocycles. The normalized spacial score (nSPS) is 15.4. The van der Waals surface area contributed by atoms with Crippen molar-refractivity contribution in [3.63, 3.8) is 0 Å². The van der Waals surface area contributed by atoms with Gasteiger partial charge in [0, 0.05) is 44.6 Å². The average molecular weight is 453 g/mol. The highest BCUT2D eigenvalue weighted by Gasteiger charge is 2.31. The third-order valence-electron chi connectivity index (χ3n) is 4.97. The molecule has 9 nitrogen and oxygen atoms in total. The van der Waals surface area contributed by atoms with Crippen LogP contribution in [0, 0.1) is 0 Å². The fraction of sp³-hybridized carbons (Fsp3) is 0.400. The van der Waals surface area contributed by atoms with Crippen molar-refractivity contribution >= 4 is 17.8 Å². The van der Waals surface area contributed by atoms with Gasteiger partial charge in [0.25, 0.3) is 11.5 Å². The minimum atomic E-state index is -4.45. The van der Waals surface area contributed by atoms with Crippen molar-refractivity contribution in [3.05, 3.63) is 58.1 Å². The molecule has 172 valence electrons. The van der Waals surface area contributed by atoms with E-state index in [1.165, 1.54) is 29.0 Å². The highest BCUT2D eigenvalue weighted by Crippen LogP contribution is 2.29. The Morgan fingerprint density at radius 1 is 1.16 bits per heavy atom. The molecule has 3 rings (SSSR count). The van der Waals surface area contributed by atoms with E-state index in [0.717, 1.165) is 12.3 Å². The number of carbonyl (C=O) groups is 2. The van der Waals surface area contributed by atoms with Crippen LogP contribution in [0.4, 0.5) is 23.8 Å². The first-order chi connectivity index (χ1) is 15.0. The Morgan fingerprint density at radius 3 is 2.41 bits per heavy atom. The number of nitrogens with two attached hydrogens (primary N) is 1. The van der Waals surface area contributed by atoms with Gasteiger partial charge >= 0.3 is 12.3 Å². The van der Waals surface area contributed by atoms with Crippen LogP contribution in [0.15, 0.2) is 41.5 Å². The summed E-state index contributed by atoms with van der Waals surface area (Å²) >= 11 is 0. The van der Waals surface area contributed by atoms with Gasteiger partial charge < -0.3 is 24.8 Å². The Balaban J connectivity index is 1.63. The first kappa shape index (κ1) is 23.1. The zero-order valence-electron chi connectivity index (χ0n) is 17.2. The van der Waals surface area contributed by atoms with Crippen molar-refractivity contribution in [1.82, 2.24) is 14.5 Å². The van der Waals surface area contributed by atoms with Crippen molar-refractivity contribution in [2.45, 2.75) is 25.7 Å². The fourth-order valence-electron chi connectivity index (χ4n) is 3.38. The maximum absolute atomic E-state index is 12.9. The summed E-state index contributed by atoms with van der Waals surface area (Å²) < 4.78 is 44.2. The van der Waals surface area contributed by atoms with Crippen LogP contribution in [0.3, 0.4) is 0 Å². The second kappa shape index (κ2) is 9.28. The molecule has 0 aliphatic carbocycles. The largest absolute Gasteiger partial charge is 0.445 e. The molecule has 1 saturated heterocycles. The number of rotatable bonds is 5.